The van der Waals surface area contributed by atoms with Crippen LogP contribution < -0.4 is 10.2 Å². The fourth-order valence-electron chi connectivity index (χ4n) is 3.10. The van der Waals surface area contributed by atoms with Gasteiger partial charge in [0.15, 0.2) is 0 Å². The number of rotatable bonds is 10. The molecule has 0 radical (unpaired) electrons. The molecule has 140 valence electrons. The van der Waals surface area contributed by atoms with Gasteiger partial charge < -0.3 is 15.1 Å². The standard InChI is InChI=1S/C20H34N4O/c1-3-4-5-6-7-8-9-20(25)22-17-18-10-11-19(21-16-18)24-14-12-23(2)13-15-24/h10-11,16H,3-9,12-15,17H2,1-2H3,(H,22,25). The first-order valence-electron chi connectivity index (χ1n) is 9.84. The lowest BCUT2D eigenvalue weighted by atomic mass is 10.1. The Bertz CT molecular complexity index is 495. The molecule has 0 unspecified atom stereocenters. The van der Waals surface area contributed by atoms with Gasteiger partial charge in [0.25, 0.3) is 0 Å². The highest BCUT2D eigenvalue weighted by atomic mass is 16.1. The fourth-order valence-corrected chi connectivity index (χ4v) is 3.10. The number of hydrogen-bond donors (Lipinski definition) is 1. The number of carbonyl (C=O) groups excluding carboxylic acids is 1. The van der Waals surface area contributed by atoms with E-state index in [1.807, 2.05) is 6.20 Å². The molecule has 1 fully saturated rings. The molecular weight excluding hydrogens is 312 g/mol. The first-order chi connectivity index (χ1) is 12.2. The number of amides is 1. The Kier molecular flexibility index (Phi) is 8.73. The van der Waals surface area contributed by atoms with E-state index in [1.54, 1.807) is 0 Å². The number of anilines is 1. The second kappa shape index (κ2) is 11.1. The van der Waals surface area contributed by atoms with Crippen molar-refractivity contribution in [1.82, 2.24) is 15.2 Å². The number of likely N-dealkylation sites (N-methyl/N-ethyl adjacent to an activating group) is 1. The van der Waals surface area contributed by atoms with Crippen LogP contribution in [0.5, 0.6) is 0 Å². The van der Waals surface area contributed by atoms with E-state index in [9.17, 15) is 4.79 Å². The summed E-state index contributed by atoms with van der Waals surface area (Å²) in [6.45, 7) is 7.01. The number of nitrogens with zero attached hydrogens (tertiary/aromatic N) is 3. The smallest absolute Gasteiger partial charge is 0.220 e. The Morgan fingerprint density at radius 1 is 1.08 bits per heavy atom. The van der Waals surface area contributed by atoms with E-state index in [-0.39, 0.29) is 5.91 Å². The second-order valence-corrected chi connectivity index (χ2v) is 7.11. The van der Waals surface area contributed by atoms with Gasteiger partial charge in [0.1, 0.15) is 5.82 Å². The zero-order chi connectivity index (χ0) is 17.9. The van der Waals surface area contributed by atoms with Gasteiger partial charge in [-0.2, -0.15) is 0 Å². The number of unbranched alkanes of at least 4 members (excludes halogenated alkanes) is 5. The van der Waals surface area contributed by atoms with E-state index >= 15 is 0 Å². The van der Waals surface area contributed by atoms with Crippen molar-refractivity contribution in [2.75, 3.05) is 38.1 Å². The lowest BCUT2D eigenvalue weighted by Gasteiger charge is -2.33. The van der Waals surface area contributed by atoms with Gasteiger partial charge >= 0.3 is 0 Å². The molecule has 2 rings (SSSR count). The highest BCUT2D eigenvalue weighted by Crippen LogP contribution is 2.13. The topological polar surface area (TPSA) is 48.5 Å². The third kappa shape index (κ3) is 7.43. The molecule has 0 atom stereocenters. The summed E-state index contributed by atoms with van der Waals surface area (Å²) in [5, 5.41) is 3.01. The minimum atomic E-state index is 0.152. The Hall–Kier alpha value is -1.62. The van der Waals surface area contributed by atoms with Crippen molar-refractivity contribution in [2.45, 2.75) is 58.4 Å². The van der Waals surface area contributed by atoms with Gasteiger partial charge in [-0.15, -0.1) is 0 Å². The molecule has 0 bridgehead atoms. The third-order valence-electron chi connectivity index (χ3n) is 4.88. The first kappa shape index (κ1) is 19.7. The monoisotopic (exact) mass is 346 g/mol. The molecule has 1 aromatic rings. The summed E-state index contributed by atoms with van der Waals surface area (Å²) < 4.78 is 0. The number of piperazine rings is 1. The van der Waals surface area contributed by atoms with Crippen molar-refractivity contribution in [1.29, 1.82) is 0 Å². The van der Waals surface area contributed by atoms with Crippen molar-refractivity contribution in [3.05, 3.63) is 23.9 Å². The highest BCUT2D eigenvalue weighted by Gasteiger charge is 2.14. The van der Waals surface area contributed by atoms with Gasteiger partial charge in [-0.1, -0.05) is 45.1 Å². The number of hydrogen-bond acceptors (Lipinski definition) is 4. The molecule has 5 nitrogen and oxygen atoms in total. The van der Waals surface area contributed by atoms with Crippen LogP contribution in [-0.4, -0.2) is 49.0 Å². The van der Waals surface area contributed by atoms with Gasteiger partial charge in [-0.05, 0) is 25.1 Å². The maximum Gasteiger partial charge on any atom is 0.220 e. The molecule has 1 aromatic heterocycles. The minimum Gasteiger partial charge on any atom is -0.354 e. The van der Waals surface area contributed by atoms with Crippen molar-refractivity contribution >= 4 is 11.7 Å². The average Bonchev–Trinajstić information content (AvgIpc) is 2.64. The van der Waals surface area contributed by atoms with Gasteiger partial charge in [0.05, 0.1) is 0 Å². The number of pyridine rings is 1. The lowest BCUT2D eigenvalue weighted by Crippen LogP contribution is -2.44. The highest BCUT2D eigenvalue weighted by molar-refractivity contribution is 5.75. The molecule has 1 aliphatic heterocycles. The molecule has 0 aromatic carbocycles. The van der Waals surface area contributed by atoms with Crippen molar-refractivity contribution in [3.8, 4) is 0 Å². The van der Waals surface area contributed by atoms with Crippen LogP contribution in [0.2, 0.25) is 0 Å². The summed E-state index contributed by atoms with van der Waals surface area (Å²) in [5.41, 5.74) is 1.06. The third-order valence-corrected chi connectivity index (χ3v) is 4.88. The lowest BCUT2D eigenvalue weighted by molar-refractivity contribution is -0.121. The summed E-state index contributed by atoms with van der Waals surface area (Å²) in [7, 11) is 2.15. The molecular formula is C20H34N4O. The SMILES string of the molecule is CCCCCCCCC(=O)NCc1ccc(N2CCN(C)CC2)nc1. The van der Waals surface area contributed by atoms with Crippen LogP contribution in [-0.2, 0) is 11.3 Å². The Morgan fingerprint density at radius 3 is 2.48 bits per heavy atom. The van der Waals surface area contributed by atoms with Crippen molar-refractivity contribution in [3.63, 3.8) is 0 Å². The predicted octanol–water partition coefficient (Wildman–Crippen LogP) is 3.20. The Morgan fingerprint density at radius 2 is 1.80 bits per heavy atom. The average molecular weight is 347 g/mol. The second-order valence-electron chi connectivity index (χ2n) is 7.11. The summed E-state index contributed by atoms with van der Waals surface area (Å²) in [5.74, 6) is 1.19. The van der Waals surface area contributed by atoms with E-state index in [2.05, 4.69) is 46.2 Å². The number of aromatic nitrogens is 1. The molecule has 25 heavy (non-hydrogen) atoms. The van der Waals surface area contributed by atoms with Crippen molar-refractivity contribution < 1.29 is 4.79 Å². The molecule has 2 heterocycles. The van der Waals surface area contributed by atoms with Gasteiger partial charge in [0.2, 0.25) is 5.91 Å². The molecule has 1 N–H and O–H groups in total. The van der Waals surface area contributed by atoms with E-state index in [4.69, 9.17) is 0 Å². The fraction of sp³-hybridized carbons (Fsp3) is 0.700. The maximum absolute atomic E-state index is 11.9. The molecule has 1 amide bonds. The molecule has 0 aliphatic carbocycles. The quantitative estimate of drug-likeness (QED) is 0.661. The van der Waals surface area contributed by atoms with Crippen LogP contribution in [0.3, 0.4) is 0 Å². The summed E-state index contributed by atoms with van der Waals surface area (Å²) >= 11 is 0. The van der Waals surface area contributed by atoms with Gasteiger partial charge in [-0.3, -0.25) is 4.79 Å². The van der Waals surface area contributed by atoms with Crippen LogP contribution in [0.25, 0.3) is 0 Å². The number of nitrogens with one attached hydrogen (secondary N) is 1. The predicted molar refractivity (Wildman–Crippen MR) is 104 cm³/mol. The molecule has 0 saturated carbocycles. The Labute approximate surface area is 152 Å². The van der Waals surface area contributed by atoms with E-state index in [0.29, 0.717) is 13.0 Å². The summed E-state index contributed by atoms with van der Waals surface area (Å²) in [4.78, 5) is 21.1. The molecule has 0 spiro atoms. The summed E-state index contributed by atoms with van der Waals surface area (Å²) in [6.07, 6.45) is 9.80. The minimum absolute atomic E-state index is 0.152. The largest absolute Gasteiger partial charge is 0.354 e. The maximum atomic E-state index is 11.9. The van der Waals surface area contributed by atoms with Gasteiger partial charge in [-0.25, -0.2) is 4.98 Å². The van der Waals surface area contributed by atoms with Crippen LogP contribution in [0.4, 0.5) is 5.82 Å². The van der Waals surface area contributed by atoms with E-state index in [1.165, 1.54) is 25.7 Å². The van der Waals surface area contributed by atoms with Gasteiger partial charge in [0, 0.05) is 45.3 Å². The normalized spacial score (nSPS) is 15.4. The Balaban J connectivity index is 1.63. The van der Waals surface area contributed by atoms with E-state index < -0.39 is 0 Å². The van der Waals surface area contributed by atoms with Crippen LogP contribution >= 0.6 is 0 Å². The first-order valence-corrected chi connectivity index (χ1v) is 9.84. The number of carbonyl (C=O) groups is 1. The molecule has 1 aliphatic rings. The van der Waals surface area contributed by atoms with E-state index in [0.717, 1.165) is 50.4 Å². The molecule has 1 saturated heterocycles. The zero-order valence-electron chi connectivity index (χ0n) is 16.0. The van der Waals surface area contributed by atoms with Crippen molar-refractivity contribution in [2.24, 2.45) is 0 Å². The zero-order valence-corrected chi connectivity index (χ0v) is 16.0. The van der Waals surface area contributed by atoms with Crippen LogP contribution in [0.15, 0.2) is 18.3 Å². The van der Waals surface area contributed by atoms with Crippen LogP contribution in [0.1, 0.15) is 57.4 Å². The molecule has 5 heteroatoms. The van der Waals surface area contributed by atoms with Crippen LogP contribution in [0, 0.1) is 0 Å². The summed E-state index contributed by atoms with van der Waals surface area (Å²) in [6, 6.07) is 4.15.